The van der Waals surface area contributed by atoms with Crippen LogP contribution in [-0.4, -0.2) is 19.9 Å². The maximum atomic E-state index is 14.2. The van der Waals surface area contributed by atoms with E-state index in [0.29, 0.717) is 11.4 Å². The van der Waals surface area contributed by atoms with Gasteiger partial charge >= 0.3 is 21.1 Å². The van der Waals surface area contributed by atoms with Gasteiger partial charge in [0.15, 0.2) is 0 Å². The molecule has 0 atom stereocenters. The second-order valence-corrected chi connectivity index (χ2v) is 7.08. The average Bonchev–Trinajstić information content (AvgIpc) is 2.79. The summed E-state index contributed by atoms with van der Waals surface area (Å²) in [6.45, 7) is 3.56. The van der Waals surface area contributed by atoms with E-state index in [1.807, 2.05) is 0 Å². The third kappa shape index (κ3) is 4.60. The normalized spacial score (nSPS) is 12.1. The first-order chi connectivity index (χ1) is 15.6. The van der Waals surface area contributed by atoms with Gasteiger partial charge in [-0.25, -0.2) is 17.6 Å². The standard InChI is InChI=1S/C23H14F4N4.Pt/c1-23(2,17-7-3-5-15(28-17)13-9-11-19(24)30-21(13)26)18-8-4-6-16(29-18)14-10-12-20(25)31-22(14)27;/h3-8,11-12H,1-2H3;/q-2;+2/i11D,12D;. The van der Waals surface area contributed by atoms with E-state index in [1.165, 1.54) is 12.1 Å². The molecule has 164 valence electrons. The fraction of sp³-hybridized carbons (Fsp3) is 0.130. The second kappa shape index (κ2) is 9.25. The van der Waals surface area contributed by atoms with Crippen LogP contribution in [0.4, 0.5) is 17.6 Å². The molecule has 0 spiro atoms. The predicted octanol–water partition coefficient (Wildman–Crippen LogP) is 5.08. The van der Waals surface area contributed by atoms with Crippen molar-refractivity contribution in [3.05, 3.63) is 95.8 Å². The largest absolute Gasteiger partial charge is 2.00 e. The van der Waals surface area contributed by atoms with Crippen molar-refractivity contribution >= 4 is 0 Å². The summed E-state index contributed by atoms with van der Waals surface area (Å²) in [6.07, 6.45) is 0. The van der Waals surface area contributed by atoms with Crippen molar-refractivity contribution in [1.29, 1.82) is 0 Å². The molecule has 0 aliphatic rings. The molecular weight excluding hydrogens is 603 g/mol. The van der Waals surface area contributed by atoms with Crippen LogP contribution in [-0.2, 0) is 26.5 Å². The molecule has 0 radical (unpaired) electrons. The van der Waals surface area contributed by atoms with Crippen LogP contribution in [0.2, 0.25) is 0 Å². The Labute approximate surface area is 198 Å². The summed E-state index contributed by atoms with van der Waals surface area (Å²) in [5, 5.41) is 0. The van der Waals surface area contributed by atoms with Crippen LogP contribution in [0.25, 0.3) is 22.5 Å². The van der Waals surface area contributed by atoms with Crippen molar-refractivity contribution in [2.45, 2.75) is 19.3 Å². The van der Waals surface area contributed by atoms with E-state index in [0.717, 1.165) is 0 Å². The van der Waals surface area contributed by atoms with Gasteiger partial charge < -0.3 is 9.97 Å². The molecule has 0 saturated carbocycles. The summed E-state index contributed by atoms with van der Waals surface area (Å²) in [5.74, 6) is -4.84. The summed E-state index contributed by atoms with van der Waals surface area (Å²) >= 11 is 0. The molecule has 0 aliphatic heterocycles. The molecule has 0 N–H and O–H groups in total. The molecule has 0 bridgehead atoms. The minimum atomic E-state index is -1.27. The molecular formula is C23H14F4N4Pt. The van der Waals surface area contributed by atoms with Crippen LogP contribution in [0.1, 0.15) is 28.0 Å². The van der Waals surface area contributed by atoms with Gasteiger partial charge in [-0.3, -0.25) is 9.97 Å². The van der Waals surface area contributed by atoms with Gasteiger partial charge in [-0.15, -0.1) is 12.1 Å². The van der Waals surface area contributed by atoms with Crippen LogP contribution < -0.4 is 0 Å². The Bertz CT molecular complexity index is 1280. The second-order valence-electron chi connectivity index (χ2n) is 7.08. The van der Waals surface area contributed by atoms with E-state index in [1.54, 1.807) is 38.1 Å². The van der Waals surface area contributed by atoms with Gasteiger partial charge in [-0.1, -0.05) is 47.5 Å². The predicted molar refractivity (Wildman–Crippen MR) is 105 cm³/mol. The topological polar surface area (TPSA) is 51.6 Å². The first kappa shape index (κ1) is 20.9. The van der Waals surface area contributed by atoms with E-state index in [2.05, 4.69) is 32.1 Å². The first-order valence-corrected chi connectivity index (χ1v) is 9.03. The van der Waals surface area contributed by atoms with Crippen LogP contribution in [0.15, 0.2) is 48.5 Å². The maximum Gasteiger partial charge on any atom is 2.00 e. The van der Waals surface area contributed by atoms with E-state index in [-0.39, 0.29) is 43.6 Å². The zero-order valence-corrected chi connectivity index (χ0v) is 18.9. The Balaban J connectivity index is 0.00000324. The van der Waals surface area contributed by atoms with Crippen molar-refractivity contribution in [3.8, 4) is 22.5 Å². The van der Waals surface area contributed by atoms with Gasteiger partial charge in [-0.2, -0.15) is 0 Å². The summed E-state index contributed by atoms with van der Waals surface area (Å²) in [6, 6.07) is 12.7. The van der Waals surface area contributed by atoms with Gasteiger partial charge in [-0.05, 0) is 37.4 Å². The quantitative estimate of drug-likeness (QED) is 0.182. The van der Waals surface area contributed by atoms with E-state index in [9.17, 15) is 17.6 Å². The Morgan fingerprint density at radius 2 is 1.12 bits per heavy atom. The Hall–Kier alpha value is -2.99. The number of nitrogens with zero attached hydrogens (tertiary/aromatic N) is 4. The molecule has 0 fully saturated rings. The first-order valence-electron chi connectivity index (χ1n) is 10.0. The Morgan fingerprint density at radius 3 is 1.53 bits per heavy atom. The van der Waals surface area contributed by atoms with Crippen LogP contribution >= 0.6 is 0 Å². The number of pyridine rings is 4. The molecule has 4 aromatic rings. The van der Waals surface area contributed by atoms with Crippen molar-refractivity contribution < 1.29 is 41.4 Å². The van der Waals surface area contributed by atoms with Crippen LogP contribution in [0, 0.1) is 35.9 Å². The smallest absolute Gasteiger partial charge is 0.300 e. The van der Waals surface area contributed by atoms with E-state index < -0.39 is 41.3 Å². The minimum absolute atomic E-state index is 0. The Morgan fingerprint density at radius 1 is 0.719 bits per heavy atom. The van der Waals surface area contributed by atoms with Gasteiger partial charge in [0.25, 0.3) is 0 Å². The van der Waals surface area contributed by atoms with E-state index in [4.69, 9.17) is 2.74 Å². The van der Waals surface area contributed by atoms with Crippen molar-refractivity contribution in [1.82, 2.24) is 19.9 Å². The maximum absolute atomic E-state index is 14.2. The Kier molecular flexibility index (Phi) is 6.03. The zero-order valence-electron chi connectivity index (χ0n) is 18.6. The fourth-order valence-electron chi connectivity index (χ4n) is 2.99. The minimum Gasteiger partial charge on any atom is -0.300 e. The van der Waals surface area contributed by atoms with Gasteiger partial charge in [0, 0.05) is 19.5 Å². The van der Waals surface area contributed by atoms with Crippen molar-refractivity contribution in [3.63, 3.8) is 0 Å². The zero-order chi connectivity index (χ0) is 23.9. The summed E-state index contributed by atoms with van der Waals surface area (Å²) in [7, 11) is 0. The van der Waals surface area contributed by atoms with Crippen LogP contribution in [0.5, 0.6) is 0 Å². The molecule has 0 amide bonds. The molecule has 32 heavy (non-hydrogen) atoms. The molecule has 0 saturated heterocycles. The van der Waals surface area contributed by atoms with Gasteiger partial charge in [0.1, 0.15) is 23.8 Å². The monoisotopic (exact) mass is 619 g/mol. The van der Waals surface area contributed by atoms with Crippen molar-refractivity contribution in [2.24, 2.45) is 0 Å². The van der Waals surface area contributed by atoms with Crippen molar-refractivity contribution in [2.75, 3.05) is 0 Å². The van der Waals surface area contributed by atoms with Gasteiger partial charge in [0.2, 0.25) is 0 Å². The number of hydrogen-bond donors (Lipinski definition) is 0. The number of halogens is 4. The molecule has 0 unspecified atom stereocenters. The third-order valence-electron chi connectivity index (χ3n) is 4.68. The number of hydrogen-bond acceptors (Lipinski definition) is 4. The SMILES string of the molecule is [2H]c1[c-]c(-c2cccc(C(C)(C)c3cccc(-c4[c-]c([2H])c(F)nc4F)n3)n2)c(F)nc1F.[Pt+2]. The molecule has 9 heteroatoms. The average molecular weight is 619 g/mol. The molecule has 4 aromatic heterocycles. The molecule has 0 aromatic carbocycles. The van der Waals surface area contributed by atoms with E-state index >= 15 is 0 Å². The van der Waals surface area contributed by atoms with Crippen LogP contribution in [0.3, 0.4) is 0 Å². The fourth-order valence-corrected chi connectivity index (χ4v) is 2.99. The summed E-state index contributed by atoms with van der Waals surface area (Å²) in [5.41, 5.74) is -0.316. The molecule has 4 rings (SSSR count). The van der Waals surface area contributed by atoms with Gasteiger partial charge in [0.05, 0.1) is 0 Å². The number of rotatable bonds is 4. The molecule has 0 aliphatic carbocycles. The number of aromatic nitrogens is 4. The summed E-state index contributed by atoms with van der Waals surface area (Å²) in [4.78, 5) is 15.0. The molecule has 4 nitrogen and oxygen atoms in total. The third-order valence-corrected chi connectivity index (χ3v) is 4.68. The molecule has 4 heterocycles. The summed E-state index contributed by atoms with van der Waals surface area (Å²) < 4.78 is 70.1.